The second-order valence-electron chi connectivity index (χ2n) is 7.15. The van der Waals surface area contributed by atoms with Crippen LogP contribution < -0.4 is 0 Å². The zero-order valence-corrected chi connectivity index (χ0v) is 17.2. The number of rotatable bonds is 6. The van der Waals surface area contributed by atoms with Crippen LogP contribution in [0.2, 0.25) is 5.02 Å². The quantitative estimate of drug-likeness (QED) is 0.248. The number of halogens is 1. The molecule has 156 valence electrons. The molecule has 1 heterocycles. The van der Waals surface area contributed by atoms with E-state index in [1.54, 1.807) is 24.3 Å². The van der Waals surface area contributed by atoms with Gasteiger partial charge in [-0.15, -0.1) is 0 Å². The van der Waals surface area contributed by atoms with Crippen molar-refractivity contribution in [3.8, 4) is 0 Å². The first-order valence-electron chi connectivity index (χ1n) is 9.14. The van der Waals surface area contributed by atoms with Gasteiger partial charge in [-0.3, -0.25) is 19.7 Å². The van der Waals surface area contributed by atoms with Crippen LogP contribution in [0.25, 0.3) is 5.76 Å². The van der Waals surface area contributed by atoms with Crippen molar-refractivity contribution in [2.24, 2.45) is 0 Å². The zero-order valence-electron chi connectivity index (χ0n) is 16.4. The Morgan fingerprint density at radius 1 is 1.13 bits per heavy atom. The summed E-state index contributed by atoms with van der Waals surface area (Å²) in [5.74, 6) is -1.89. The van der Waals surface area contributed by atoms with Gasteiger partial charge < -0.3 is 14.9 Å². The van der Waals surface area contributed by atoms with E-state index in [9.17, 15) is 24.8 Å². The van der Waals surface area contributed by atoms with Crippen LogP contribution in [-0.4, -0.2) is 58.7 Å². The number of amides is 1. The molecule has 0 aliphatic carbocycles. The topological polar surface area (TPSA) is 104 Å². The molecule has 3 rings (SSSR count). The van der Waals surface area contributed by atoms with Crippen LogP contribution in [-0.2, 0) is 9.59 Å². The van der Waals surface area contributed by atoms with Crippen LogP contribution >= 0.6 is 11.6 Å². The molecular formula is C21H20ClN3O5. The van der Waals surface area contributed by atoms with Crippen LogP contribution in [0.3, 0.4) is 0 Å². The lowest BCUT2D eigenvalue weighted by molar-refractivity contribution is -0.384. The highest BCUT2D eigenvalue weighted by molar-refractivity contribution is 6.46. The van der Waals surface area contributed by atoms with Gasteiger partial charge in [0.2, 0.25) is 0 Å². The summed E-state index contributed by atoms with van der Waals surface area (Å²) >= 11 is 5.98. The lowest BCUT2D eigenvalue weighted by Crippen LogP contribution is -2.35. The van der Waals surface area contributed by atoms with E-state index in [4.69, 9.17) is 11.6 Å². The highest BCUT2D eigenvalue weighted by Gasteiger charge is 2.45. The molecule has 1 fully saturated rings. The lowest BCUT2D eigenvalue weighted by Gasteiger charge is -2.26. The third-order valence-electron chi connectivity index (χ3n) is 4.87. The maximum absolute atomic E-state index is 12.8. The van der Waals surface area contributed by atoms with Crippen molar-refractivity contribution in [3.05, 3.63) is 80.4 Å². The van der Waals surface area contributed by atoms with E-state index in [0.29, 0.717) is 17.1 Å². The standard InChI is InChI=1S/C21H20ClN3O5/c1-23(2)11-12-24-18(13-3-7-15(22)8-4-13)17(20(27)21(24)28)19(26)14-5-9-16(10-6-14)25(29)30/h3-10,18,26H,11-12H2,1-2H3/b19-17-. The van der Waals surface area contributed by atoms with Crippen molar-refractivity contribution in [1.82, 2.24) is 9.80 Å². The normalized spacial score (nSPS) is 18.3. The molecule has 2 aromatic rings. The van der Waals surface area contributed by atoms with Gasteiger partial charge in [-0.05, 0) is 43.9 Å². The summed E-state index contributed by atoms with van der Waals surface area (Å²) in [7, 11) is 3.70. The first kappa shape index (κ1) is 21.5. The molecule has 0 radical (unpaired) electrons. The van der Waals surface area contributed by atoms with Crippen LogP contribution in [0.4, 0.5) is 5.69 Å². The van der Waals surface area contributed by atoms with Crippen molar-refractivity contribution >= 4 is 34.7 Å². The Kier molecular flexibility index (Phi) is 6.19. The Bertz CT molecular complexity index is 1020. The highest BCUT2D eigenvalue weighted by Crippen LogP contribution is 2.39. The van der Waals surface area contributed by atoms with Gasteiger partial charge in [-0.25, -0.2) is 0 Å². The number of benzene rings is 2. The summed E-state index contributed by atoms with van der Waals surface area (Å²) in [4.78, 5) is 39.2. The SMILES string of the molecule is CN(C)CCN1C(=O)C(=O)/C(=C(\O)c2ccc([N+](=O)[O-])cc2)C1c1ccc(Cl)cc1. The fourth-order valence-electron chi connectivity index (χ4n) is 3.31. The molecule has 9 heteroatoms. The van der Waals surface area contributed by atoms with E-state index < -0.39 is 22.7 Å². The van der Waals surface area contributed by atoms with Gasteiger partial charge in [0.15, 0.2) is 0 Å². The van der Waals surface area contributed by atoms with Crippen molar-refractivity contribution in [2.45, 2.75) is 6.04 Å². The Morgan fingerprint density at radius 3 is 2.27 bits per heavy atom. The molecule has 30 heavy (non-hydrogen) atoms. The molecule has 8 nitrogen and oxygen atoms in total. The summed E-state index contributed by atoms with van der Waals surface area (Å²) in [6.07, 6.45) is 0. The molecule has 0 aromatic heterocycles. The third-order valence-corrected chi connectivity index (χ3v) is 5.12. The number of nitro benzene ring substituents is 1. The fourth-order valence-corrected chi connectivity index (χ4v) is 3.43. The molecule has 2 aromatic carbocycles. The number of ketones is 1. The minimum absolute atomic E-state index is 0.0602. The van der Waals surface area contributed by atoms with Crippen molar-refractivity contribution in [1.29, 1.82) is 0 Å². The fraction of sp³-hybridized carbons (Fsp3) is 0.238. The first-order valence-corrected chi connectivity index (χ1v) is 9.52. The smallest absolute Gasteiger partial charge is 0.295 e. The molecule has 0 spiro atoms. The molecule has 0 saturated carbocycles. The third kappa shape index (κ3) is 4.19. The number of likely N-dealkylation sites (tertiary alicyclic amines) is 1. The van der Waals surface area contributed by atoms with Crippen molar-refractivity contribution in [3.63, 3.8) is 0 Å². The Morgan fingerprint density at radius 2 is 1.73 bits per heavy atom. The van der Waals surface area contributed by atoms with Gasteiger partial charge in [0.25, 0.3) is 17.4 Å². The molecular weight excluding hydrogens is 410 g/mol. The summed E-state index contributed by atoms with van der Waals surface area (Å²) < 4.78 is 0. The number of hydrogen-bond donors (Lipinski definition) is 1. The van der Waals surface area contributed by atoms with E-state index >= 15 is 0 Å². The van der Waals surface area contributed by atoms with Gasteiger partial charge in [-0.2, -0.15) is 0 Å². The zero-order chi connectivity index (χ0) is 22.0. The monoisotopic (exact) mass is 429 g/mol. The predicted molar refractivity (Wildman–Crippen MR) is 112 cm³/mol. The maximum Gasteiger partial charge on any atom is 0.295 e. The lowest BCUT2D eigenvalue weighted by atomic mass is 9.95. The predicted octanol–water partition coefficient (Wildman–Crippen LogP) is 3.23. The van der Waals surface area contributed by atoms with Crippen molar-refractivity contribution in [2.75, 3.05) is 27.2 Å². The summed E-state index contributed by atoms with van der Waals surface area (Å²) in [6.45, 7) is 0.802. The summed E-state index contributed by atoms with van der Waals surface area (Å²) in [6, 6.07) is 11.1. The maximum atomic E-state index is 12.8. The molecule has 1 N–H and O–H groups in total. The molecule has 0 bridgehead atoms. The Hall–Kier alpha value is -3.23. The number of nitrogens with zero attached hydrogens (tertiary/aromatic N) is 3. The number of Topliss-reactive ketones (excluding diaryl/α,β-unsaturated/α-hetero) is 1. The number of carbonyl (C=O) groups excluding carboxylic acids is 2. The number of nitro groups is 1. The van der Waals surface area contributed by atoms with E-state index in [2.05, 4.69) is 0 Å². The minimum atomic E-state index is -0.801. The number of carbonyl (C=O) groups is 2. The van der Waals surface area contributed by atoms with Crippen LogP contribution in [0.15, 0.2) is 54.1 Å². The molecule has 1 aliphatic heterocycles. The van der Waals surface area contributed by atoms with Crippen LogP contribution in [0, 0.1) is 10.1 Å². The van der Waals surface area contributed by atoms with E-state index in [1.165, 1.54) is 29.2 Å². The second kappa shape index (κ2) is 8.64. The Balaban J connectivity index is 2.12. The van der Waals surface area contributed by atoms with Crippen molar-refractivity contribution < 1.29 is 19.6 Å². The Labute approximate surface area is 178 Å². The molecule has 1 atom stereocenters. The number of likely N-dealkylation sites (N-methyl/N-ethyl adjacent to an activating group) is 1. The molecule has 1 aliphatic rings. The van der Waals surface area contributed by atoms with Gasteiger partial charge in [-0.1, -0.05) is 23.7 Å². The minimum Gasteiger partial charge on any atom is -0.507 e. The number of non-ortho nitro benzene ring substituents is 1. The average molecular weight is 430 g/mol. The molecule has 1 amide bonds. The van der Waals surface area contributed by atoms with Crippen LogP contribution in [0.5, 0.6) is 0 Å². The second-order valence-corrected chi connectivity index (χ2v) is 7.59. The van der Waals surface area contributed by atoms with Gasteiger partial charge >= 0.3 is 0 Å². The molecule has 1 saturated heterocycles. The first-order chi connectivity index (χ1) is 14.2. The number of aliphatic hydroxyl groups excluding tert-OH is 1. The number of aliphatic hydroxyl groups is 1. The van der Waals surface area contributed by atoms with E-state index in [1.807, 2.05) is 19.0 Å². The molecule has 1 unspecified atom stereocenters. The van der Waals surface area contributed by atoms with Gasteiger partial charge in [0, 0.05) is 35.8 Å². The average Bonchev–Trinajstić information content (AvgIpc) is 2.97. The largest absolute Gasteiger partial charge is 0.507 e. The summed E-state index contributed by atoms with van der Waals surface area (Å²) in [5.41, 5.74) is 0.633. The van der Waals surface area contributed by atoms with Gasteiger partial charge in [0.05, 0.1) is 16.5 Å². The van der Waals surface area contributed by atoms with E-state index in [0.717, 1.165) is 0 Å². The number of hydrogen-bond acceptors (Lipinski definition) is 6. The van der Waals surface area contributed by atoms with Crippen LogP contribution in [0.1, 0.15) is 17.2 Å². The highest BCUT2D eigenvalue weighted by atomic mass is 35.5. The van der Waals surface area contributed by atoms with Gasteiger partial charge in [0.1, 0.15) is 5.76 Å². The summed E-state index contributed by atoms with van der Waals surface area (Å²) in [5, 5.41) is 22.3. The van der Waals surface area contributed by atoms with E-state index in [-0.39, 0.29) is 29.1 Å².